The van der Waals surface area contributed by atoms with Gasteiger partial charge >= 0.3 is 0 Å². The molecule has 150 valence electrons. The standard InChI is InChI=1S/C25H28N2O2/c1-3-4-12-22-24(18-9-7-10-19(28)15-18)23(25(26)29)16(2)27(22)21-14-13-17-8-5-6-11-20(17)21/h5-11,15,21,28H,3-4,12-14H2,1-2H3,(H2,26,29). The Balaban J connectivity index is 1.99. The van der Waals surface area contributed by atoms with Crippen molar-refractivity contribution in [2.75, 3.05) is 0 Å². The van der Waals surface area contributed by atoms with E-state index in [1.54, 1.807) is 12.1 Å². The van der Waals surface area contributed by atoms with Crippen molar-refractivity contribution < 1.29 is 9.90 Å². The van der Waals surface area contributed by atoms with Crippen molar-refractivity contribution in [1.82, 2.24) is 4.57 Å². The zero-order valence-corrected chi connectivity index (χ0v) is 17.1. The summed E-state index contributed by atoms with van der Waals surface area (Å²) in [5.41, 5.74) is 13.0. The summed E-state index contributed by atoms with van der Waals surface area (Å²) in [6.45, 7) is 4.18. The number of phenolic OH excluding ortho intramolecular Hbond substituents is 1. The first-order valence-corrected chi connectivity index (χ1v) is 10.4. The van der Waals surface area contributed by atoms with Gasteiger partial charge in [0.1, 0.15) is 5.75 Å². The highest BCUT2D eigenvalue weighted by Gasteiger charge is 2.31. The highest BCUT2D eigenvalue weighted by atomic mass is 16.3. The van der Waals surface area contributed by atoms with Gasteiger partial charge in [0.2, 0.25) is 0 Å². The Morgan fingerprint density at radius 3 is 2.72 bits per heavy atom. The van der Waals surface area contributed by atoms with Gasteiger partial charge in [-0.1, -0.05) is 49.7 Å². The molecule has 1 aromatic heterocycles. The van der Waals surface area contributed by atoms with Crippen LogP contribution < -0.4 is 5.73 Å². The largest absolute Gasteiger partial charge is 0.508 e. The van der Waals surface area contributed by atoms with E-state index in [4.69, 9.17) is 5.73 Å². The van der Waals surface area contributed by atoms with E-state index < -0.39 is 5.91 Å². The van der Waals surface area contributed by atoms with Gasteiger partial charge in [-0.2, -0.15) is 0 Å². The number of nitrogens with two attached hydrogens (primary N) is 1. The van der Waals surface area contributed by atoms with E-state index in [1.165, 1.54) is 11.1 Å². The fourth-order valence-corrected chi connectivity index (χ4v) is 4.86. The summed E-state index contributed by atoms with van der Waals surface area (Å²) >= 11 is 0. The molecule has 1 unspecified atom stereocenters. The van der Waals surface area contributed by atoms with Crippen molar-refractivity contribution in [1.29, 1.82) is 0 Å². The normalized spacial score (nSPS) is 15.4. The number of fused-ring (bicyclic) bond motifs is 1. The highest BCUT2D eigenvalue weighted by molar-refractivity contribution is 6.02. The summed E-state index contributed by atoms with van der Waals surface area (Å²) in [6.07, 6.45) is 5.03. The third-order valence-corrected chi connectivity index (χ3v) is 6.11. The van der Waals surface area contributed by atoms with E-state index >= 15 is 0 Å². The first-order valence-electron chi connectivity index (χ1n) is 10.4. The first kappa shape index (κ1) is 19.3. The Hall–Kier alpha value is -3.01. The van der Waals surface area contributed by atoms with Crippen molar-refractivity contribution in [2.45, 2.75) is 52.0 Å². The summed E-state index contributed by atoms with van der Waals surface area (Å²) < 4.78 is 2.35. The Labute approximate surface area is 172 Å². The molecule has 1 amide bonds. The minimum absolute atomic E-state index is 0.191. The number of hydrogen-bond acceptors (Lipinski definition) is 2. The topological polar surface area (TPSA) is 68.2 Å². The van der Waals surface area contributed by atoms with Gasteiger partial charge in [0.15, 0.2) is 0 Å². The molecule has 2 aromatic carbocycles. The summed E-state index contributed by atoms with van der Waals surface area (Å²) in [5.74, 6) is -0.223. The van der Waals surface area contributed by atoms with Crippen LogP contribution in [0.1, 0.15) is 65.1 Å². The maximum absolute atomic E-state index is 12.5. The number of primary amides is 1. The lowest BCUT2D eigenvalue weighted by atomic mass is 9.97. The number of unbranched alkanes of at least 4 members (excludes halogenated alkanes) is 1. The molecular formula is C25H28N2O2. The molecule has 0 saturated carbocycles. The number of phenols is 1. The van der Waals surface area contributed by atoms with Crippen LogP contribution in [0.15, 0.2) is 48.5 Å². The molecule has 3 N–H and O–H groups in total. The van der Waals surface area contributed by atoms with Crippen LogP contribution in [-0.2, 0) is 12.8 Å². The summed E-state index contributed by atoms with van der Waals surface area (Å²) in [7, 11) is 0. The van der Waals surface area contributed by atoms with Crippen molar-refractivity contribution >= 4 is 5.91 Å². The molecular weight excluding hydrogens is 360 g/mol. The van der Waals surface area contributed by atoms with Gasteiger partial charge in [0, 0.05) is 17.0 Å². The van der Waals surface area contributed by atoms with E-state index in [1.807, 2.05) is 19.1 Å². The Morgan fingerprint density at radius 1 is 1.21 bits per heavy atom. The molecule has 4 nitrogen and oxygen atoms in total. The Morgan fingerprint density at radius 2 is 2.00 bits per heavy atom. The number of carbonyl (C=O) groups excluding carboxylic acids is 1. The average molecular weight is 389 g/mol. The van der Waals surface area contributed by atoms with Crippen LogP contribution in [-0.4, -0.2) is 15.6 Å². The number of aryl methyl sites for hydroxylation is 1. The fourth-order valence-electron chi connectivity index (χ4n) is 4.86. The average Bonchev–Trinajstić information content (AvgIpc) is 3.24. The SMILES string of the molecule is CCCCc1c(-c2cccc(O)c2)c(C(N)=O)c(C)n1C1CCc2ccccc21. The molecule has 4 rings (SSSR count). The lowest BCUT2D eigenvalue weighted by Gasteiger charge is -2.21. The smallest absolute Gasteiger partial charge is 0.251 e. The minimum Gasteiger partial charge on any atom is -0.508 e. The van der Waals surface area contributed by atoms with Crippen LogP contribution in [0.25, 0.3) is 11.1 Å². The van der Waals surface area contributed by atoms with Gasteiger partial charge in [-0.3, -0.25) is 4.79 Å². The number of benzene rings is 2. The molecule has 0 bridgehead atoms. The van der Waals surface area contributed by atoms with Gasteiger partial charge in [-0.15, -0.1) is 0 Å². The Bertz CT molecular complexity index is 1060. The zero-order chi connectivity index (χ0) is 20.5. The second-order valence-electron chi connectivity index (χ2n) is 7.92. The van der Waals surface area contributed by atoms with Crippen LogP contribution in [0.2, 0.25) is 0 Å². The predicted molar refractivity (Wildman–Crippen MR) is 116 cm³/mol. The molecule has 0 spiro atoms. The third kappa shape index (κ3) is 3.33. The first-order chi connectivity index (χ1) is 14.0. The third-order valence-electron chi connectivity index (χ3n) is 6.11. The van der Waals surface area contributed by atoms with E-state index in [2.05, 4.69) is 35.8 Å². The summed E-state index contributed by atoms with van der Waals surface area (Å²) in [6, 6.07) is 15.9. The number of nitrogens with zero attached hydrogens (tertiary/aromatic N) is 1. The van der Waals surface area contributed by atoms with Crippen LogP contribution in [0.4, 0.5) is 0 Å². The molecule has 0 saturated heterocycles. The monoisotopic (exact) mass is 388 g/mol. The van der Waals surface area contributed by atoms with Crippen molar-refractivity contribution in [3.63, 3.8) is 0 Å². The highest BCUT2D eigenvalue weighted by Crippen LogP contribution is 2.42. The molecule has 1 aliphatic rings. The molecule has 1 atom stereocenters. The van der Waals surface area contributed by atoms with Crippen LogP contribution in [0.3, 0.4) is 0 Å². The predicted octanol–water partition coefficient (Wildman–Crippen LogP) is 5.15. The fraction of sp³-hybridized carbons (Fsp3) is 0.320. The number of aromatic nitrogens is 1. The number of rotatable bonds is 6. The molecule has 1 heterocycles. The zero-order valence-electron chi connectivity index (χ0n) is 17.1. The second-order valence-corrected chi connectivity index (χ2v) is 7.92. The maximum atomic E-state index is 12.5. The van der Waals surface area contributed by atoms with Gasteiger partial charge in [-0.05, 0) is 61.4 Å². The maximum Gasteiger partial charge on any atom is 0.251 e. The van der Waals surface area contributed by atoms with Crippen molar-refractivity contribution in [2.24, 2.45) is 5.73 Å². The Kier molecular flexibility index (Phi) is 5.18. The number of carbonyl (C=O) groups is 1. The van der Waals surface area contributed by atoms with Gasteiger partial charge < -0.3 is 15.4 Å². The van der Waals surface area contributed by atoms with Crippen molar-refractivity contribution in [3.8, 4) is 16.9 Å². The van der Waals surface area contributed by atoms with E-state index in [0.29, 0.717) is 5.56 Å². The molecule has 0 aliphatic heterocycles. The lowest BCUT2D eigenvalue weighted by molar-refractivity contribution is 0.1000. The molecule has 0 fully saturated rings. The summed E-state index contributed by atoms with van der Waals surface area (Å²) in [5, 5.41) is 10.1. The lowest BCUT2D eigenvalue weighted by Crippen LogP contribution is -2.15. The van der Waals surface area contributed by atoms with E-state index in [0.717, 1.165) is 54.6 Å². The molecule has 1 aliphatic carbocycles. The quantitative estimate of drug-likeness (QED) is 0.613. The molecule has 3 aromatic rings. The number of aromatic hydroxyl groups is 1. The number of hydrogen-bond donors (Lipinski definition) is 2. The minimum atomic E-state index is -0.413. The number of amides is 1. The summed E-state index contributed by atoms with van der Waals surface area (Å²) in [4.78, 5) is 12.5. The molecule has 0 radical (unpaired) electrons. The van der Waals surface area contributed by atoms with E-state index in [-0.39, 0.29) is 11.8 Å². The van der Waals surface area contributed by atoms with E-state index in [9.17, 15) is 9.90 Å². The van der Waals surface area contributed by atoms with Gasteiger partial charge in [0.05, 0.1) is 11.6 Å². The van der Waals surface area contributed by atoms with Crippen LogP contribution in [0, 0.1) is 6.92 Å². The van der Waals surface area contributed by atoms with Crippen molar-refractivity contribution in [3.05, 3.63) is 76.6 Å². The van der Waals surface area contributed by atoms with Gasteiger partial charge in [-0.25, -0.2) is 0 Å². The van der Waals surface area contributed by atoms with Gasteiger partial charge in [0.25, 0.3) is 5.91 Å². The molecule has 29 heavy (non-hydrogen) atoms. The second kappa shape index (κ2) is 7.78. The molecule has 4 heteroatoms. The van der Waals surface area contributed by atoms with Crippen LogP contribution in [0.5, 0.6) is 5.75 Å². The van der Waals surface area contributed by atoms with Crippen LogP contribution >= 0.6 is 0 Å².